The highest BCUT2D eigenvalue weighted by Crippen LogP contribution is 2.53. The molecule has 2 rings (SSSR count). The van der Waals surface area contributed by atoms with Gasteiger partial charge in [0.15, 0.2) is 5.79 Å². The van der Waals surface area contributed by atoms with Crippen LogP contribution >= 0.6 is 0 Å². The van der Waals surface area contributed by atoms with Gasteiger partial charge in [-0.25, -0.2) is 0 Å². The molecule has 17 heavy (non-hydrogen) atoms. The fraction of sp³-hybridized carbons (Fsp3) is 0.615. The minimum Gasteiger partial charge on any atom is -0.370 e. The fourth-order valence-corrected chi connectivity index (χ4v) is 2.94. The molecule has 0 heterocycles. The van der Waals surface area contributed by atoms with E-state index in [0.29, 0.717) is 24.8 Å². The zero-order valence-electron chi connectivity index (χ0n) is 10.1. The van der Waals surface area contributed by atoms with Crippen molar-refractivity contribution in [1.82, 2.24) is 0 Å². The Kier molecular flexibility index (Phi) is 2.87. The highest BCUT2D eigenvalue weighted by Gasteiger charge is 2.49. The van der Waals surface area contributed by atoms with Gasteiger partial charge in [0.25, 0.3) is 0 Å². The Hall–Kier alpha value is -1.13. The lowest BCUT2D eigenvalue weighted by Gasteiger charge is -2.33. The van der Waals surface area contributed by atoms with E-state index in [1.54, 1.807) is 6.08 Å². The molecule has 1 amide bonds. The normalized spacial score (nSPS) is 30.5. The topological polar surface area (TPSA) is 83.6 Å². The number of rotatable bonds is 3. The molecule has 0 aromatic heterocycles. The van der Waals surface area contributed by atoms with Crippen LogP contribution < -0.4 is 5.73 Å². The molecule has 0 aromatic rings. The largest absolute Gasteiger partial charge is 0.370 e. The second-order valence-electron chi connectivity index (χ2n) is 5.43. The molecule has 1 unspecified atom stereocenters. The average Bonchev–Trinajstić information content (AvgIpc) is 2.47. The van der Waals surface area contributed by atoms with E-state index < -0.39 is 5.79 Å². The molecule has 0 aliphatic heterocycles. The number of hydrogen-bond acceptors (Lipinski definition) is 3. The van der Waals surface area contributed by atoms with E-state index in [0.717, 1.165) is 18.4 Å². The first kappa shape index (κ1) is 12.3. The third-order valence-corrected chi connectivity index (χ3v) is 3.90. The van der Waals surface area contributed by atoms with Gasteiger partial charge in [-0.05, 0) is 30.3 Å². The standard InChI is InChI=1S/C13H19NO3/c1-12-6-7-13(16,17)10(12)4-2-9(8-12)3-5-11(14)15/h2,4,16-17H,3,5-8H2,1H3,(H2,14,15). The van der Waals surface area contributed by atoms with E-state index in [1.807, 2.05) is 13.0 Å². The number of allylic oxidation sites excluding steroid dienone is 3. The molecule has 1 fully saturated rings. The lowest BCUT2D eigenvalue weighted by Crippen LogP contribution is -2.31. The molecule has 0 spiro atoms. The summed E-state index contributed by atoms with van der Waals surface area (Å²) in [6.07, 6.45) is 6.65. The molecule has 4 N–H and O–H groups in total. The van der Waals surface area contributed by atoms with Crippen LogP contribution in [0.5, 0.6) is 0 Å². The Bertz CT molecular complexity index is 409. The molecule has 0 saturated heterocycles. The van der Waals surface area contributed by atoms with E-state index in [-0.39, 0.29) is 11.3 Å². The van der Waals surface area contributed by atoms with Crippen molar-refractivity contribution in [3.05, 3.63) is 23.3 Å². The van der Waals surface area contributed by atoms with Gasteiger partial charge in [0.2, 0.25) is 5.91 Å². The summed E-state index contributed by atoms with van der Waals surface area (Å²) in [5.74, 6) is -1.95. The second kappa shape index (κ2) is 3.96. The van der Waals surface area contributed by atoms with Crippen molar-refractivity contribution >= 4 is 5.91 Å². The first-order chi connectivity index (χ1) is 7.83. The monoisotopic (exact) mass is 237 g/mol. The third-order valence-electron chi connectivity index (χ3n) is 3.90. The molecule has 0 bridgehead atoms. The lowest BCUT2D eigenvalue weighted by molar-refractivity contribution is -0.123. The third kappa shape index (κ3) is 2.28. The summed E-state index contributed by atoms with van der Waals surface area (Å²) in [6, 6.07) is 0. The van der Waals surface area contributed by atoms with E-state index in [4.69, 9.17) is 5.73 Å². The van der Waals surface area contributed by atoms with Gasteiger partial charge in [0.05, 0.1) is 0 Å². The van der Waals surface area contributed by atoms with Crippen LogP contribution in [0.2, 0.25) is 0 Å². The first-order valence-corrected chi connectivity index (χ1v) is 5.97. The van der Waals surface area contributed by atoms with Crippen LogP contribution in [0.15, 0.2) is 23.3 Å². The van der Waals surface area contributed by atoms with Crippen molar-refractivity contribution in [2.45, 2.75) is 44.8 Å². The quantitative estimate of drug-likeness (QED) is 0.640. The van der Waals surface area contributed by atoms with Crippen molar-refractivity contribution in [2.24, 2.45) is 11.1 Å². The second-order valence-corrected chi connectivity index (χ2v) is 5.43. The van der Waals surface area contributed by atoms with Gasteiger partial charge in [-0.15, -0.1) is 0 Å². The molecule has 1 atom stereocenters. The smallest absolute Gasteiger partial charge is 0.217 e. The van der Waals surface area contributed by atoms with Gasteiger partial charge >= 0.3 is 0 Å². The van der Waals surface area contributed by atoms with Gasteiger partial charge < -0.3 is 15.9 Å². The SMILES string of the molecule is CC12CCC(O)(O)C1=CC=C(CCC(N)=O)C2. The number of amides is 1. The maximum atomic E-state index is 10.8. The Labute approximate surface area is 101 Å². The molecule has 2 aliphatic rings. The van der Waals surface area contributed by atoms with Gasteiger partial charge in [0, 0.05) is 12.8 Å². The van der Waals surface area contributed by atoms with Gasteiger partial charge in [0.1, 0.15) is 0 Å². The number of fused-ring (bicyclic) bond motifs is 1. The number of nitrogens with two attached hydrogens (primary N) is 1. The molecule has 4 heteroatoms. The first-order valence-electron chi connectivity index (χ1n) is 5.97. The average molecular weight is 237 g/mol. The van der Waals surface area contributed by atoms with Crippen molar-refractivity contribution in [3.63, 3.8) is 0 Å². The Balaban J connectivity index is 2.15. The van der Waals surface area contributed by atoms with E-state index in [2.05, 4.69) is 0 Å². The maximum absolute atomic E-state index is 10.8. The van der Waals surface area contributed by atoms with E-state index in [1.165, 1.54) is 0 Å². The molecule has 2 aliphatic carbocycles. The van der Waals surface area contributed by atoms with Crippen LogP contribution in [0.25, 0.3) is 0 Å². The van der Waals surface area contributed by atoms with Gasteiger partial charge in [-0.2, -0.15) is 0 Å². The minimum absolute atomic E-state index is 0.175. The lowest BCUT2D eigenvalue weighted by atomic mass is 9.74. The molecule has 0 radical (unpaired) electrons. The summed E-state index contributed by atoms with van der Waals surface area (Å²) in [4.78, 5) is 10.8. The minimum atomic E-state index is -1.65. The van der Waals surface area contributed by atoms with Crippen LogP contribution in [0.3, 0.4) is 0 Å². The summed E-state index contributed by atoms with van der Waals surface area (Å²) in [7, 11) is 0. The number of primary amides is 1. The van der Waals surface area contributed by atoms with E-state index >= 15 is 0 Å². The van der Waals surface area contributed by atoms with Crippen molar-refractivity contribution < 1.29 is 15.0 Å². The predicted octanol–water partition coefficient (Wildman–Crippen LogP) is 0.989. The fourth-order valence-electron chi connectivity index (χ4n) is 2.94. The summed E-state index contributed by atoms with van der Waals surface area (Å²) >= 11 is 0. The van der Waals surface area contributed by atoms with Gasteiger partial charge in [-0.1, -0.05) is 24.6 Å². The summed E-state index contributed by atoms with van der Waals surface area (Å²) in [5, 5.41) is 19.7. The number of carbonyl (C=O) groups is 1. The Morgan fingerprint density at radius 2 is 2.12 bits per heavy atom. The van der Waals surface area contributed by atoms with Crippen molar-refractivity contribution in [2.75, 3.05) is 0 Å². The summed E-state index contributed by atoms with van der Waals surface area (Å²) in [5.41, 5.74) is 6.82. The number of aliphatic hydroxyl groups is 2. The van der Waals surface area contributed by atoms with Gasteiger partial charge in [-0.3, -0.25) is 4.79 Å². The van der Waals surface area contributed by atoms with Crippen LogP contribution in [-0.2, 0) is 4.79 Å². The maximum Gasteiger partial charge on any atom is 0.217 e. The zero-order valence-corrected chi connectivity index (χ0v) is 10.1. The summed E-state index contributed by atoms with van der Waals surface area (Å²) in [6.45, 7) is 2.05. The highest BCUT2D eigenvalue weighted by atomic mass is 16.5. The predicted molar refractivity (Wildman–Crippen MR) is 63.7 cm³/mol. The molecule has 1 saturated carbocycles. The van der Waals surface area contributed by atoms with Crippen LogP contribution in [0.1, 0.15) is 39.0 Å². The molecular weight excluding hydrogens is 218 g/mol. The summed E-state index contributed by atoms with van der Waals surface area (Å²) < 4.78 is 0. The highest BCUT2D eigenvalue weighted by molar-refractivity contribution is 5.74. The Morgan fingerprint density at radius 1 is 1.41 bits per heavy atom. The Morgan fingerprint density at radius 3 is 2.76 bits per heavy atom. The number of carbonyl (C=O) groups excluding carboxylic acids is 1. The molecule has 0 aromatic carbocycles. The molecule has 4 nitrogen and oxygen atoms in total. The van der Waals surface area contributed by atoms with Crippen molar-refractivity contribution in [3.8, 4) is 0 Å². The van der Waals surface area contributed by atoms with Crippen LogP contribution in [0.4, 0.5) is 0 Å². The van der Waals surface area contributed by atoms with Crippen LogP contribution in [-0.4, -0.2) is 21.9 Å². The van der Waals surface area contributed by atoms with Crippen LogP contribution in [0, 0.1) is 5.41 Å². The van der Waals surface area contributed by atoms with E-state index in [9.17, 15) is 15.0 Å². The molecular formula is C13H19NO3. The number of hydrogen-bond donors (Lipinski definition) is 3. The molecule has 94 valence electrons. The zero-order chi connectivity index (χ0) is 12.7. The van der Waals surface area contributed by atoms with Crippen molar-refractivity contribution in [1.29, 1.82) is 0 Å².